The molecule has 1 aromatic carbocycles. The average molecular weight is 193 g/mol. The van der Waals surface area contributed by atoms with Crippen LogP contribution in [-0.4, -0.2) is 0 Å². The van der Waals surface area contributed by atoms with Crippen LogP contribution >= 0.6 is 0 Å². The van der Waals surface area contributed by atoms with Crippen LogP contribution in [0.5, 0.6) is 0 Å². The summed E-state index contributed by atoms with van der Waals surface area (Å²) in [5.41, 5.74) is 1.12. The molecule has 2 heteroatoms. The monoisotopic (exact) mass is 193 g/mol. The van der Waals surface area contributed by atoms with Crippen LogP contribution < -0.4 is 0 Å². The van der Waals surface area contributed by atoms with E-state index in [9.17, 15) is 4.39 Å². The zero-order valence-electron chi connectivity index (χ0n) is 9.13. The van der Waals surface area contributed by atoms with Crippen LogP contribution in [0.3, 0.4) is 0 Å². The summed E-state index contributed by atoms with van der Waals surface area (Å²) in [5, 5.41) is 8.53. The molecule has 0 saturated heterocycles. The Hall–Kier alpha value is -1.36. The molecule has 0 radical (unpaired) electrons. The fourth-order valence-corrected chi connectivity index (χ4v) is 0.988. The number of nitriles is 1. The molecule has 0 saturated carbocycles. The van der Waals surface area contributed by atoms with E-state index in [0.717, 1.165) is 5.56 Å². The number of rotatable bonds is 1. The van der Waals surface area contributed by atoms with E-state index in [1.54, 1.807) is 12.1 Å². The smallest absolute Gasteiger partial charge is 0.140 e. The van der Waals surface area contributed by atoms with Crippen molar-refractivity contribution in [1.29, 1.82) is 5.26 Å². The van der Waals surface area contributed by atoms with Crippen molar-refractivity contribution in [3.63, 3.8) is 0 Å². The van der Waals surface area contributed by atoms with Crippen molar-refractivity contribution in [1.82, 2.24) is 0 Å². The van der Waals surface area contributed by atoms with Gasteiger partial charge in [0.05, 0.1) is 5.56 Å². The Bertz CT molecular complexity index is 324. The molecular weight excluding hydrogens is 177 g/mol. The van der Waals surface area contributed by atoms with Gasteiger partial charge >= 0.3 is 0 Å². The molecule has 14 heavy (non-hydrogen) atoms. The summed E-state index contributed by atoms with van der Waals surface area (Å²) < 4.78 is 12.8. The Morgan fingerprint density at radius 3 is 2.29 bits per heavy atom. The van der Waals surface area contributed by atoms with Crippen molar-refractivity contribution < 1.29 is 4.39 Å². The first-order valence-electron chi connectivity index (χ1n) is 4.84. The van der Waals surface area contributed by atoms with Crippen molar-refractivity contribution in [3.05, 3.63) is 35.1 Å². The van der Waals surface area contributed by atoms with Crippen molar-refractivity contribution in [2.75, 3.05) is 0 Å². The molecular formula is C12H16FN. The molecule has 0 atom stereocenters. The fraction of sp³-hybridized carbons (Fsp3) is 0.417. The highest BCUT2D eigenvalue weighted by atomic mass is 19.1. The summed E-state index contributed by atoms with van der Waals surface area (Å²) in [4.78, 5) is 0. The number of benzene rings is 1. The molecule has 0 spiro atoms. The van der Waals surface area contributed by atoms with E-state index in [1.807, 2.05) is 33.8 Å². The zero-order chi connectivity index (χ0) is 11.1. The Balaban J connectivity index is 0.000000791. The van der Waals surface area contributed by atoms with E-state index >= 15 is 0 Å². The molecule has 1 nitrogen and oxygen atoms in total. The third-order valence-electron chi connectivity index (χ3n) is 1.78. The van der Waals surface area contributed by atoms with Crippen LogP contribution in [0.2, 0.25) is 0 Å². The van der Waals surface area contributed by atoms with Crippen LogP contribution in [0.15, 0.2) is 18.2 Å². The molecule has 0 aliphatic heterocycles. The number of nitrogens with zero attached hydrogens (tertiary/aromatic N) is 1. The standard InChI is InChI=1S/C10H10FN.C2H6/c1-7(2)8-3-4-10(11)9(5-8)6-12;1-2/h3-5,7H,1-2H3;1-2H3. The third-order valence-corrected chi connectivity index (χ3v) is 1.78. The maximum Gasteiger partial charge on any atom is 0.140 e. The van der Waals surface area contributed by atoms with Gasteiger partial charge in [0, 0.05) is 0 Å². The molecule has 0 N–H and O–H groups in total. The highest BCUT2D eigenvalue weighted by Crippen LogP contribution is 2.17. The largest absolute Gasteiger partial charge is 0.206 e. The molecule has 0 aromatic heterocycles. The summed E-state index contributed by atoms with van der Waals surface area (Å²) in [6.45, 7) is 8.02. The first kappa shape index (κ1) is 12.6. The molecule has 0 aliphatic carbocycles. The molecule has 0 heterocycles. The molecule has 1 aromatic rings. The zero-order valence-corrected chi connectivity index (χ0v) is 9.13. The van der Waals surface area contributed by atoms with Crippen LogP contribution in [0.25, 0.3) is 0 Å². The van der Waals surface area contributed by atoms with Gasteiger partial charge in [-0.15, -0.1) is 0 Å². The van der Waals surface area contributed by atoms with Crippen molar-refractivity contribution in [2.24, 2.45) is 0 Å². The van der Waals surface area contributed by atoms with Crippen molar-refractivity contribution in [2.45, 2.75) is 33.6 Å². The minimum Gasteiger partial charge on any atom is -0.206 e. The third kappa shape index (κ3) is 3.18. The molecule has 76 valence electrons. The van der Waals surface area contributed by atoms with Gasteiger partial charge in [0.25, 0.3) is 0 Å². The summed E-state index contributed by atoms with van der Waals surface area (Å²) in [6.07, 6.45) is 0. The maximum absolute atomic E-state index is 12.8. The van der Waals surface area contributed by atoms with Gasteiger partial charge in [-0.2, -0.15) is 5.26 Å². The fourth-order valence-electron chi connectivity index (χ4n) is 0.988. The van der Waals surface area contributed by atoms with E-state index in [0.29, 0.717) is 5.92 Å². The Morgan fingerprint density at radius 1 is 1.29 bits per heavy atom. The Kier molecular flexibility index (Phi) is 5.55. The van der Waals surface area contributed by atoms with Gasteiger partial charge in [-0.1, -0.05) is 33.8 Å². The first-order valence-corrected chi connectivity index (χ1v) is 4.84. The SMILES string of the molecule is CC.CC(C)c1ccc(F)c(C#N)c1. The number of halogens is 1. The van der Waals surface area contributed by atoms with E-state index < -0.39 is 5.82 Å². The van der Waals surface area contributed by atoms with E-state index in [4.69, 9.17) is 5.26 Å². The van der Waals surface area contributed by atoms with Gasteiger partial charge in [-0.05, 0) is 23.6 Å². The van der Waals surface area contributed by atoms with Gasteiger partial charge in [-0.25, -0.2) is 4.39 Å². The van der Waals surface area contributed by atoms with Crippen molar-refractivity contribution >= 4 is 0 Å². The second-order valence-corrected chi connectivity index (χ2v) is 3.01. The number of hydrogen-bond acceptors (Lipinski definition) is 1. The lowest BCUT2D eigenvalue weighted by atomic mass is 10.0. The van der Waals surface area contributed by atoms with Crippen LogP contribution in [0.4, 0.5) is 4.39 Å². The van der Waals surface area contributed by atoms with Crippen LogP contribution in [0.1, 0.15) is 44.7 Å². The second kappa shape index (κ2) is 6.15. The lowest BCUT2D eigenvalue weighted by Gasteiger charge is -2.04. The molecule has 0 amide bonds. The minimum absolute atomic E-state index is 0.126. The lowest BCUT2D eigenvalue weighted by molar-refractivity contribution is 0.622. The van der Waals surface area contributed by atoms with E-state index in [-0.39, 0.29) is 5.56 Å². The number of hydrogen-bond donors (Lipinski definition) is 0. The average Bonchev–Trinajstić information content (AvgIpc) is 2.21. The van der Waals surface area contributed by atoms with Gasteiger partial charge in [-0.3, -0.25) is 0 Å². The molecule has 1 rings (SSSR count). The Morgan fingerprint density at radius 2 is 1.86 bits per heavy atom. The quantitative estimate of drug-likeness (QED) is 0.664. The predicted molar refractivity (Wildman–Crippen MR) is 56.6 cm³/mol. The summed E-state index contributed by atoms with van der Waals surface area (Å²) >= 11 is 0. The van der Waals surface area contributed by atoms with Crippen molar-refractivity contribution in [3.8, 4) is 6.07 Å². The maximum atomic E-state index is 12.8. The second-order valence-electron chi connectivity index (χ2n) is 3.01. The van der Waals surface area contributed by atoms with E-state index in [2.05, 4.69) is 0 Å². The highest BCUT2D eigenvalue weighted by Gasteiger charge is 2.04. The Labute approximate surface area is 85.2 Å². The molecule has 0 bridgehead atoms. The summed E-state index contributed by atoms with van der Waals surface area (Å²) in [7, 11) is 0. The topological polar surface area (TPSA) is 23.8 Å². The summed E-state index contributed by atoms with van der Waals surface area (Å²) in [6, 6.07) is 6.46. The molecule has 0 unspecified atom stereocenters. The minimum atomic E-state index is -0.443. The first-order chi connectivity index (χ1) is 6.65. The van der Waals surface area contributed by atoms with Gasteiger partial charge < -0.3 is 0 Å². The normalized spacial score (nSPS) is 8.93. The summed E-state index contributed by atoms with van der Waals surface area (Å²) in [5.74, 6) is -0.111. The van der Waals surface area contributed by atoms with Gasteiger partial charge in [0.1, 0.15) is 11.9 Å². The lowest BCUT2D eigenvalue weighted by Crippen LogP contribution is -1.90. The van der Waals surface area contributed by atoms with Crippen LogP contribution in [0, 0.1) is 17.1 Å². The van der Waals surface area contributed by atoms with E-state index in [1.165, 1.54) is 6.07 Å². The highest BCUT2D eigenvalue weighted by molar-refractivity contribution is 5.35. The van der Waals surface area contributed by atoms with Gasteiger partial charge in [0.15, 0.2) is 0 Å². The van der Waals surface area contributed by atoms with Gasteiger partial charge in [0.2, 0.25) is 0 Å². The molecule has 0 fully saturated rings. The predicted octanol–water partition coefficient (Wildman–Crippen LogP) is 3.85. The van der Waals surface area contributed by atoms with Crippen LogP contribution in [-0.2, 0) is 0 Å². The molecule has 0 aliphatic rings.